The normalized spacial score (nSPS) is 18.2. The van der Waals surface area contributed by atoms with Crippen LogP contribution in [0.2, 0.25) is 18.1 Å². The van der Waals surface area contributed by atoms with Crippen LogP contribution in [0.3, 0.4) is 0 Å². The van der Waals surface area contributed by atoms with Crippen molar-refractivity contribution in [3.05, 3.63) is 35.4 Å². The molecule has 0 aromatic heterocycles. The summed E-state index contributed by atoms with van der Waals surface area (Å²) in [6.07, 6.45) is 2.64. The van der Waals surface area contributed by atoms with E-state index in [1.165, 1.54) is 19.7 Å². The summed E-state index contributed by atoms with van der Waals surface area (Å²) >= 11 is 42.6. The van der Waals surface area contributed by atoms with Crippen LogP contribution in [-0.4, -0.2) is 101 Å². The van der Waals surface area contributed by atoms with E-state index < -0.39 is 54.8 Å². The van der Waals surface area contributed by atoms with E-state index in [-0.39, 0.29) is 0 Å². The molecule has 0 amide bonds. The summed E-state index contributed by atoms with van der Waals surface area (Å²) in [6, 6.07) is 10.3. The van der Waals surface area contributed by atoms with Crippen LogP contribution in [-0.2, 0) is 48.7 Å². The number of benzene rings is 1. The van der Waals surface area contributed by atoms with Gasteiger partial charge < -0.3 is 39.8 Å². The molecule has 1 aromatic carbocycles. The molecule has 0 aliphatic rings. The highest BCUT2D eigenvalue weighted by Crippen LogP contribution is 2.93. The molecule has 61 heavy (non-hydrogen) atoms. The van der Waals surface area contributed by atoms with Crippen LogP contribution < -0.4 is 0 Å². The lowest BCUT2D eigenvalue weighted by atomic mass is 9.89. The van der Waals surface area contributed by atoms with Crippen molar-refractivity contribution < 1.29 is 39.8 Å². The number of rotatable bonds is 37. The number of hydrogen-bond donors (Lipinski definition) is 8. The Labute approximate surface area is 426 Å². The molecule has 0 aliphatic carbocycles. The molecule has 0 saturated carbocycles. The van der Waals surface area contributed by atoms with E-state index in [1.54, 1.807) is 0 Å². The summed E-state index contributed by atoms with van der Waals surface area (Å²) in [5.74, 6) is 1.38. The van der Waals surface area contributed by atoms with Crippen molar-refractivity contribution in [2.75, 3.05) is 71.0 Å². The van der Waals surface area contributed by atoms with Gasteiger partial charge in [0, 0.05) is 77.6 Å². The second-order valence-electron chi connectivity index (χ2n) is 13.8. The first-order valence-corrected chi connectivity index (χ1v) is 39.3. The third-order valence-electron chi connectivity index (χ3n) is 9.99. The summed E-state index contributed by atoms with van der Waals surface area (Å²) in [4.78, 5) is 0. The maximum Gasteiger partial charge on any atom is 0.500 e. The molecule has 1 rings (SSSR count). The highest BCUT2D eigenvalue weighted by Gasteiger charge is 2.58. The fourth-order valence-corrected chi connectivity index (χ4v) is 37.9. The zero-order valence-electron chi connectivity index (χ0n) is 37.9. The first-order chi connectivity index (χ1) is 28.8. The Balaban J connectivity index is 4.18. The average molecular weight is 1140 g/mol. The van der Waals surface area contributed by atoms with Crippen LogP contribution in [0.25, 0.3) is 0 Å². The van der Waals surface area contributed by atoms with Crippen molar-refractivity contribution in [3.8, 4) is 0 Å². The van der Waals surface area contributed by atoms with Crippen molar-refractivity contribution in [1.82, 2.24) is 0 Å². The van der Waals surface area contributed by atoms with Gasteiger partial charge in [0.05, 0.1) is 8.83 Å². The summed E-state index contributed by atoms with van der Waals surface area (Å²) in [6.45, 7) is 24.6. The van der Waals surface area contributed by atoms with Crippen LogP contribution >= 0.6 is 133 Å². The van der Waals surface area contributed by atoms with Crippen LogP contribution in [0.5, 0.6) is 0 Å². The molecule has 364 valence electrons. The van der Waals surface area contributed by atoms with Crippen LogP contribution in [0.1, 0.15) is 106 Å². The molecule has 0 fully saturated rings. The Hall–Kier alpha value is 3.71. The fourth-order valence-electron chi connectivity index (χ4n) is 7.41. The van der Waals surface area contributed by atoms with Gasteiger partial charge in [0.15, 0.2) is 0 Å². The van der Waals surface area contributed by atoms with E-state index in [2.05, 4.69) is 25.1 Å². The Morgan fingerprint density at radius 3 is 1.03 bits per heavy atom. The second kappa shape index (κ2) is 30.4. The Bertz CT molecular complexity index is 1270. The van der Waals surface area contributed by atoms with Crippen molar-refractivity contribution in [3.63, 3.8) is 0 Å². The van der Waals surface area contributed by atoms with Gasteiger partial charge in [0.25, 0.3) is 0 Å². The van der Waals surface area contributed by atoms with Gasteiger partial charge in [-0.3, -0.25) is 0 Å². The molecular formula is C37H78O9S12Si3. The zero-order valence-corrected chi connectivity index (χ0v) is 51.3. The van der Waals surface area contributed by atoms with Crippen molar-refractivity contribution >= 4 is 159 Å². The van der Waals surface area contributed by atoms with Crippen molar-refractivity contribution in [1.29, 1.82) is 0 Å². The van der Waals surface area contributed by atoms with Crippen LogP contribution in [0, 0.1) is 0 Å². The zero-order chi connectivity index (χ0) is 46.5. The van der Waals surface area contributed by atoms with Gasteiger partial charge in [-0.15, -0.1) is 101 Å². The minimum absolute atomic E-state index is 0.490. The molecular weight excluding hydrogens is 1060 g/mol. The van der Waals surface area contributed by atoms with Gasteiger partial charge >= 0.3 is 26.4 Å². The van der Waals surface area contributed by atoms with E-state index in [0.717, 1.165) is 24.0 Å². The SMILES string of the molecule is CCO[Si](CCCC(S)(c1ccccc1C(C)(S(S)(CCC[Si](OCC)(OCC)OCC)SS)S(S)(CCC[Si](OCC)(OCC)OCC)SS)C(S)(S)S)(OCC)OCC. The van der Waals surface area contributed by atoms with E-state index in [0.29, 0.717) is 102 Å². The Kier molecular flexibility index (Phi) is 31.3. The van der Waals surface area contributed by atoms with Crippen LogP contribution in [0.4, 0.5) is 0 Å². The van der Waals surface area contributed by atoms with E-state index >= 15 is 0 Å². The van der Waals surface area contributed by atoms with Crippen LogP contribution in [0.15, 0.2) is 24.3 Å². The largest absolute Gasteiger partial charge is 0.500 e. The standard InChI is InChI=1S/C37H78O9S12Si3/c1-11-38-59(39-12-2,40-13-3)30-22-27-36(47,37(48,49)50)34-26-21-20-25-33(34)35(10,57(53,55-51)28-23-31-60(41-14-4,42-15-5)43-16-6)58(54,56-52)29-24-32-61(44-17-7,45-18-8)46-19-9/h20-21,25-26,47-54H,11-19,22-24,27-32H2,1-10H3. The van der Waals surface area contributed by atoms with Gasteiger partial charge in [-0.1, -0.05) is 24.3 Å². The smallest absolute Gasteiger partial charge is 0.374 e. The van der Waals surface area contributed by atoms with Gasteiger partial charge in [-0.25, -0.2) is 0 Å². The Morgan fingerprint density at radius 2 is 0.770 bits per heavy atom. The lowest BCUT2D eigenvalue weighted by Crippen LogP contribution is -2.47. The molecule has 24 heteroatoms. The van der Waals surface area contributed by atoms with Gasteiger partial charge in [-0.05, 0) is 137 Å². The lowest BCUT2D eigenvalue weighted by molar-refractivity contribution is 0.0699. The highest BCUT2D eigenvalue weighted by atomic mass is 33.7. The molecule has 0 saturated heterocycles. The quantitative estimate of drug-likeness (QED) is 0.0142. The fraction of sp³-hybridized carbons (Fsp3) is 0.838. The number of thiol groups is 8. The number of hydrogen-bond acceptors (Lipinski definition) is 19. The molecule has 3 unspecified atom stereocenters. The lowest BCUT2D eigenvalue weighted by Gasteiger charge is -2.60. The third-order valence-corrected chi connectivity index (χ3v) is 45.9. The van der Waals surface area contributed by atoms with Crippen molar-refractivity contribution in [2.45, 2.75) is 125 Å². The highest BCUT2D eigenvalue weighted by molar-refractivity contribution is 9.41. The van der Waals surface area contributed by atoms with Gasteiger partial charge in [0.2, 0.25) is 0 Å². The second-order valence-corrected chi connectivity index (χ2v) is 43.6. The molecule has 0 radical (unpaired) electrons. The third kappa shape index (κ3) is 16.9. The minimum atomic E-state index is -2.98. The molecule has 1 aromatic rings. The van der Waals surface area contributed by atoms with Gasteiger partial charge in [-0.2, -0.15) is 12.6 Å². The maximum absolute atomic E-state index is 6.31. The van der Waals surface area contributed by atoms with E-state index in [9.17, 15) is 0 Å². The average Bonchev–Trinajstić information content (AvgIpc) is 3.20. The first-order valence-electron chi connectivity index (χ1n) is 21.2. The van der Waals surface area contributed by atoms with Gasteiger partial charge in [0.1, 0.15) is 3.41 Å². The molecule has 0 spiro atoms. The van der Waals surface area contributed by atoms with E-state index in [1.807, 2.05) is 68.4 Å². The summed E-state index contributed by atoms with van der Waals surface area (Å²) in [5.41, 5.74) is 1.96. The molecule has 0 heterocycles. The van der Waals surface area contributed by atoms with E-state index in [4.69, 9.17) is 137 Å². The Morgan fingerprint density at radius 1 is 0.492 bits per heavy atom. The van der Waals surface area contributed by atoms with Crippen molar-refractivity contribution in [2.24, 2.45) is 0 Å². The molecule has 0 aliphatic heterocycles. The predicted molar refractivity (Wildman–Crippen MR) is 305 cm³/mol. The first kappa shape index (κ1) is 62.7. The summed E-state index contributed by atoms with van der Waals surface area (Å²) in [5, 5.41) is 0. The summed E-state index contributed by atoms with van der Waals surface area (Å²) < 4.78 is 53.7. The maximum atomic E-state index is 6.31. The minimum Gasteiger partial charge on any atom is -0.374 e. The molecule has 9 nitrogen and oxygen atoms in total. The molecule has 3 atom stereocenters. The predicted octanol–water partition coefficient (Wildman–Crippen LogP) is 13.4. The molecule has 0 bridgehead atoms. The summed E-state index contributed by atoms with van der Waals surface area (Å²) in [7, 11) is -10.2. The molecule has 0 N–H and O–H groups in total. The monoisotopic (exact) mass is 1130 g/mol. The topological polar surface area (TPSA) is 83.1 Å².